The molecule has 304 valence electrons. The molecule has 0 fully saturated rings. The van der Waals surface area contributed by atoms with Gasteiger partial charge in [0.2, 0.25) is 0 Å². The van der Waals surface area contributed by atoms with Crippen LogP contribution in [0.2, 0.25) is 0 Å². The van der Waals surface area contributed by atoms with E-state index in [0.29, 0.717) is 0 Å². The van der Waals surface area contributed by atoms with Gasteiger partial charge in [0, 0.05) is 4.91 Å². The maximum Gasteiger partial charge on any atom is 0.325 e. The number of hydrogen-bond donors (Lipinski definition) is 3. The summed E-state index contributed by atoms with van der Waals surface area (Å²) >= 11 is 0. The third kappa shape index (κ3) is 10.3. The zero-order chi connectivity index (χ0) is 41.4. The molecule has 6 rings (SSSR count). The van der Waals surface area contributed by atoms with Crippen molar-refractivity contribution in [2.75, 3.05) is 14.2 Å². The summed E-state index contributed by atoms with van der Waals surface area (Å²) in [5.74, 6) is -1.01. The highest BCUT2D eigenvalue weighted by Gasteiger charge is 2.43. The minimum Gasteiger partial charge on any atom is -0.468 e. The van der Waals surface area contributed by atoms with Crippen LogP contribution in [0.3, 0.4) is 0 Å². The smallest absolute Gasteiger partial charge is 0.325 e. The number of nitrogens with one attached hydrogen (secondary N) is 2. The Hall–Kier alpha value is -6.55. The van der Waals surface area contributed by atoms with Crippen LogP contribution < -0.4 is 10.6 Å². The predicted octanol–water partition coefficient (Wildman–Crippen LogP) is 8.94. The van der Waals surface area contributed by atoms with E-state index in [9.17, 15) is 14.7 Å². The zero-order valence-electron chi connectivity index (χ0n) is 33.1. The van der Waals surface area contributed by atoms with E-state index in [2.05, 4.69) is 20.7 Å². The number of aliphatic hydroxyl groups is 1. The summed E-state index contributed by atoms with van der Waals surface area (Å²) in [6, 6.07) is 57.0. The lowest BCUT2D eigenvalue weighted by molar-refractivity contribution is -0.146. The van der Waals surface area contributed by atoms with Crippen LogP contribution in [-0.2, 0) is 30.1 Å². The van der Waals surface area contributed by atoms with Crippen LogP contribution in [0.4, 0.5) is 0 Å². The van der Waals surface area contributed by atoms with Crippen molar-refractivity contribution in [3.05, 3.63) is 226 Å². The number of hydrogen-bond acceptors (Lipinski definition) is 8. The SMILES string of the molecule is C.COC(=O)[C@@H](NC(c1ccccc1)(c1ccccc1)c1ccccc1)[C@@H](C)N=[N+]=[N-].COC(=O)[C@@H](NC(c1ccccc1)(c1ccccc1)c1ccccc1)[C@H](C)O. The first-order valence-electron chi connectivity index (χ1n) is 19.0. The molecule has 59 heavy (non-hydrogen) atoms. The summed E-state index contributed by atoms with van der Waals surface area (Å²) in [7, 11) is 2.66. The van der Waals surface area contributed by atoms with E-state index in [1.807, 2.05) is 182 Å². The highest BCUT2D eigenvalue weighted by atomic mass is 16.5. The molecular formula is C49H53N5O5. The maximum atomic E-state index is 12.7. The van der Waals surface area contributed by atoms with Gasteiger partial charge in [-0.05, 0) is 45.8 Å². The van der Waals surface area contributed by atoms with Crippen molar-refractivity contribution in [1.29, 1.82) is 0 Å². The van der Waals surface area contributed by atoms with E-state index >= 15 is 0 Å². The van der Waals surface area contributed by atoms with Crippen LogP contribution in [0.15, 0.2) is 187 Å². The van der Waals surface area contributed by atoms with Crippen LogP contribution >= 0.6 is 0 Å². The van der Waals surface area contributed by atoms with Gasteiger partial charge in [0.05, 0.1) is 37.4 Å². The monoisotopic (exact) mass is 791 g/mol. The molecule has 0 unspecified atom stereocenters. The number of esters is 2. The minimum absolute atomic E-state index is 0. The fourth-order valence-electron chi connectivity index (χ4n) is 7.25. The van der Waals surface area contributed by atoms with Crippen molar-refractivity contribution in [2.24, 2.45) is 5.11 Å². The first-order valence-corrected chi connectivity index (χ1v) is 19.0. The summed E-state index contributed by atoms with van der Waals surface area (Å²) in [5, 5.41) is 21.1. The van der Waals surface area contributed by atoms with Crippen molar-refractivity contribution < 1.29 is 24.2 Å². The lowest BCUT2D eigenvalue weighted by atomic mass is 9.76. The number of aliphatic hydroxyl groups excluding tert-OH is 1. The van der Waals surface area contributed by atoms with Gasteiger partial charge in [-0.15, -0.1) is 0 Å². The fourth-order valence-corrected chi connectivity index (χ4v) is 7.25. The molecule has 6 aromatic carbocycles. The molecule has 0 radical (unpaired) electrons. The van der Waals surface area contributed by atoms with Gasteiger partial charge in [-0.2, -0.15) is 0 Å². The molecule has 10 heteroatoms. The normalized spacial score (nSPS) is 13.0. The summed E-state index contributed by atoms with van der Waals surface area (Å²) in [5.41, 5.74) is 13.0. The quantitative estimate of drug-likeness (QED) is 0.0310. The summed E-state index contributed by atoms with van der Waals surface area (Å²) < 4.78 is 10.0. The van der Waals surface area contributed by atoms with Gasteiger partial charge in [0.1, 0.15) is 12.1 Å². The Labute approximate surface area is 347 Å². The molecule has 0 bridgehead atoms. The van der Waals surface area contributed by atoms with Crippen molar-refractivity contribution in [3.63, 3.8) is 0 Å². The topological polar surface area (TPSA) is 146 Å². The number of azide groups is 1. The second-order valence-corrected chi connectivity index (χ2v) is 13.7. The number of ether oxygens (including phenoxy) is 2. The lowest BCUT2D eigenvalue weighted by Gasteiger charge is -2.40. The zero-order valence-corrected chi connectivity index (χ0v) is 33.1. The Morgan fingerprint density at radius 3 is 0.983 bits per heavy atom. The van der Waals surface area contributed by atoms with E-state index in [1.165, 1.54) is 14.2 Å². The van der Waals surface area contributed by atoms with E-state index in [4.69, 9.17) is 15.0 Å². The minimum atomic E-state index is -0.942. The Morgan fingerprint density at radius 2 is 0.763 bits per heavy atom. The Bertz CT molecular complexity index is 2010. The molecule has 6 aromatic rings. The molecule has 4 atom stereocenters. The number of nitrogens with zero attached hydrogens (tertiary/aromatic N) is 3. The molecule has 0 aliphatic rings. The molecule has 0 spiro atoms. The number of rotatable bonds is 15. The number of carbonyl (C=O) groups is 2. The van der Waals surface area contributed by atoms with Gasteiger partial charge < -0.3 is 14.6 Å². The van der Waals surface area contributed by atoms with Gasteiger partial charge in [-0.1, -0.05) is 201 Å². The Morgan fingerprint density at radius 1 is 0.525 bits per heavy atom. The molecule has 0 saturated heterocycles. The molecule has 10 nitrogen and oxygen atoms in total. The van der Waals surface area contributed by atoms with Crippen molar-refractivity contribution in [3.8, 4) is 0 Å². The average Bonchev–Trinajstić information content (AvgIpc) is 3.29. The highest BCUT2D eigenvalue weighted by Crippen LogP contribution is 2.39. The Balaban J connectivity index is 0.000000257. The lowest BCUT2D eigenvalue weighted by Crippen LogP contribution is -2.56. The summed E-state index contributed by atoms with van der Waals surface area (Å²) in [4.78, 5) is 28.1. The number of carbonyl (C=O) groups excluding carboxylic acids is 2. The van der Waals surface area contributed by atoms with Crippen molar-refractivity contribution in [2.45, 2.75) is 56.6 Å². The number of methoxy groups -OCH3 is 2. The van der Waals surface area contributed by atoms with Gasteiger partial charge in [0.15, 0.2) is 0 Å². The standard InChI is InChI=1S/C24H24N4O2.C24H25NO3.CH4/c1-18(27-28-25)22(23(29)30-2)26-24(19-12-6-3-7-13-19,20-14-8-4-9-15-20)21-16-10-5-11-17-21;1-18(26)22(23(27)28-2)25-24(19-12-6-3-7-13-19,20-14-8-4-9-15-20)21-16-10-5-11-17-21;/h3-18,22,26H,1-2H3;3-18,22,25-26H,1-2H3;1H4/t18-,22+;18-,22-;/m10./s1. The van der Waals surface area contributed by atoms with Crippen LogP contribution in [0, 0.1) is 0 Å². The van der Waals surface area contributed by atoms with E-state index < -0.39 is 47.2 Å². The summed E-state index contributed by atoms with van der Waals surface area (Å²) in [6.45, 7) is 3.28. The first-order chi connectivity index (χ1) is 28.2. The van der Waals surface area contributed by atoms with Gasteiger partial charge in [-0.25, -0.2) is 0 Å². The van der Waals surface area contributed by atoms with Crippen LogP contribution in [0.5, 0.6) is 0 Å². The number of benzene rings is 6. The van der Waals surface area contributed by atoms with E-state index in [0.717, 1.165) is 33.4 Å². The van der Waals surface area contributed by atoms with E-state index in [-0.39, 0.29) is 7.43 Å². The van der Waals surface area contributed by atoms with Gasteiger partial charge in [-0.3, -0.25) is 20.2 Å². The van der Waals surface area contributed by atoms with Gasteiger partial charge in [0.25, 0.3) is 0 Å². The molecule has 3 N–H and O–H groups in total. The van der Waals surface area contributed by atoms with Gasteiger partial charge >= 0.3 is 11.9 Å². The Kier molecular flexibility index (Phi) is 16.7. The molecule has 0 aromatic heterocycles. The summed E-state index contributed by atoms with van der Waals surface area (Å²) in [6.07, 6.45) is -0.942. The molecule has 0 heterocycles. The predicted molar refractivity (Wildman–Crippen MR) is 233 cm³/mol. The van der Waals surface area contributed by atoms with Crippen molar-refractivity contribution >= 4 is 11.9 Å². The van der Waals surface area contributed by atoms with Crippen LogP contribution in [0.1, 0.15) is 54.7 Å². The molecule has 0 aliphatic heterocycles. The second-order valence-electron chi connectivity index (χ2n) is 13.7. The largest absolute Gasteiger partial charge is 0.468 e. The molecule has 0 saturated carbocycles. The molecule has 0 aliphatic carbocycles. The van der Waals surface area contributed by atoms with Crippen LogP contribution in [-0.4, -0.2) is 55.5 Å². The third-order valence-electron chi connectivity index (χ3n) is 10.1. The van der Waals surface area contributed by atoms with Crippen LogP contribution in [0.25, 0.3) is 10.4 Å². The third-order valence-corrected chi connectivity index (χ3v) is 10.1. The second kappa shape index (κ2) is 21.8. The first kappa shape index (κ1) is 45.2. The van der Waals surface area contributed by atoms with Crippen molar-refractivity contribution in [1.82, 2.24) is 10.6 Å². The van der Waals surface area contributed by atoms with E-state index in [1.54, 1.807) is 13.8 Å². The molecular weight excluding hydrogens is 739 g/mol. The molecule has 0 amide bonds. The fraction of sp³-hybridized carbons (Fsp3) is 0.224. The average molecular weight is 792 g/mol. The highest BCUT2D eigenvalue weighted by molar-refractivity contribution is 5.78. The maximum absolute atomic E-state index is 12.7.